The van der Waals surface area contributed by atoms with Crippen molar-refractivity contribution in [1.82, 2.24) is 20.7 Å². The summed E-state index contributed by atoms with van der Waals surface area (Å²) in [5, 5.41) is 30.4. The van der Waals surface area contributed by atoms with Gasteiger partial charge in [0.15, 0.2) is 16.9 Å². The summed E-state index contributed by atoms with van der Waals surface area (Å²) >= 11 is 0.964. The van der Waals surface area contributed by atoms with Gasteiger partial charge in [-0.15, -0.1) is 15.6 Å². The van der Waals surface area contributed by atoms with E-state index in [1.54, 1.807) is 12.1 Å². The number of ether oxygens (including phenoxy) is 1. The quantitative estimate of drug-likeness (QED) is 0.0425. The number of aryl methyl sites for hydroxylation is 1. The fourth-order valence-corrected chi connectivity index (χ4v) is 7.09. The van der Waals surface area contributed by atoms with Crippen LogP contribution in [-0.4, -0.2) is 92.8 Å². The number of carboxylic acid groups (broad SMARTS) is 1. The third kappa shape index (κ3) is 7.83. The van der Waals surface area contributed by atoms with Crippen LogP contribution in [-0.2, 0) is 40.3 Å². The first-order chi connectivity index (χ1) is 23.4. The van der Waals surface area contributed by atoms with Gasteiger partial charge >= 0.3 is 16.4 Å². The number of carbonyl (C=O) groups excluding carboxylic acids is 2. The molecule has 1 saturated heterocycles. The normalized spacial score (nSPS) is 24.8. The number of aliphatic carboxylic acids is 1. The molecule has 9 N–H and O–H groups in total. The van der Waals surface area contributed by atoms with Gasteiger partial charge in [0.05, 0.1) is 5.54 Å². The number of nitrogens with one attached hydrogen (secondary N) is 3. The minimum atomic E-state index is -5.03. The maximum Gasteiger partial charge on any atom is 0.418 e. The standard InChI is InChI=1S/C30H40N8O10S2/c1-29(2)23(26(40)38(29)48-50(43,44)45)36-25(39)22(19-14-49-28(33)35-19)37-47-30(3,27(41)42)21-12-8-15-13-16(7-11-20(15)46-21)24(32)34-18-6-4-5-17(31)9-10-18/h7,11,13-14,17-18,21,23H,4-6,8-10,12,31H2,1-3H3,(H2,32,34)(H2,33,35)(H,36,39)(H,41,42)(H,43,44,45)/b37-22-/t17-,18-,21-,23-,30?/m1/s1. The van der Waals surface area contributed by atoms with Gasteiger partial charge in [-0.25, -0.2) is 9.78 Å². The lowest BCUT2D eigenvalue weighted by Gasteiger charge is -2.50. The molecule has 2 aromatic rings. The molecule has 5 atom stereocenters. The molecule has 3 aliphatic rings. The number of amides is 2. The molecule has 2 fully saturated rings. The van der Waals surface area contributed by atoms with E-state index in [0.717, 1.165) is 49.0 Å². The number of fused-ring (bicyclic) bond motifs is 1. The first-order valence-electron chi connectivity index (χ1n) is 15.8. The van der Waals surface area contributed by atoms with Crippen LogP contribution in [0.3, 0.4) is 0 Å². The van der Waals surface area contributed by atoms with Crippen LogP contribution in [0.5, 0.6) is 5.75 Å². The summed E-state index contributed by atoms with van der Waals surface area (Å²) in [5.74, 6) is -2.77. The summed E-state index contributed by atoms with van der Waals surface area (Å²) in [6.45, 7) is 3.99. The predicted molar refractivity (Wildman–Crippen MR) is 180 cm³/mol. The highest BCUT2D eigenvalue weighted by Gasteiger charge is 2.58. The number of β-lactam (4-membered cyclic amide) rings is 1. The monoisotopic (exact) mass is 736 g/mol. The topological polar surface area (TPSA) is 282 Å². The van der Waals surface area contributed by atoms with Gasteiger partial charge in [0, 0.05) is 23.0 Å². The SMILES string of the molecule is CC(O/N=C(\C(=O)N[C@@H]1C(=O)N(OS(=O)(=O)O)C1(C)C)c1csc(N)n1)(C(=O)O)[C@H]1CCc2cc(C(=N)N[C@@H]3CCC[C@@H](N)CC3)ccc2O1. The van der Waals surface area contributed by atoms with Crippen molar-refractivity contribution in [2.45, 2.75) is 101 Å². The molecule has 20 heteroatoms. The summed E-state index contributed by atoms with van der Waals surface area (Å²) in [6.07, 6.45) is 4.20. The number of oxime groups is 1. The van der Waals surface area contributed by atoms with E-state index >= 15 is 0 Å². The second kappa shape index (κ2) is 14.1. The number of hydroxylamine groups is 2. The summed E-state index contributed by atoms with van der Waals surface area (Å²) in [6, 6.07) is 4.22. The molecule has 1 aliphatic carbocycles. The first kappa shape index (κ1) is 36.9. The molecule has 2 aliphatic heterocycles. The Balaban J connectivity index is 1.32. The maximum absolute atomic E-state index is 13.5. The highest BCUT2D eigenvalue weighted by molar-refractivity contribution is 7.80. The largest absolute Gasteiger partial charge is 0.485 e. The number of amidine groups is 1. The number of thiazole rings is 1. The number of hydrogen-bond donors (Lipinski definition) is 7. The molecule has 5 rings (SSSR count). The molecule has 18 nitrogen and oxygen atoms in total. The zero-order chi connectivity index (χ0) is 36.6. The molecule has 0 bridgehead atoms. The van der Waals surface area contributed by atoms with Gasteiger partial charge in [0.1, 0.15) is 23.3 Å². The molecule has 1 aromatic carbocycles. The number of anilines is 1. The number of nitrogens with zero attached hydrogens (tertiary/aromatic N) is 3. The number of rotatable bonds is 11. The van der Waals surface area contributed by atoms with Gasteiger partial charge in [-0.2, -0.15) is 13.5 Å². The molecular weight excluding hydrogens is 697 g/mol. The molecule has 50 heavy (non-hydrogen) atoms. The molecule has 1 saturated carbocycles. The van der Waals surface area contributed by atoms with Gasteiger partial charge in [-0.1, -0.05) is 5.16 Å². The van der Waals surface area contributed by atoms with Crippen LogP contribution in [0.25, 0.3) is 0 Å². The van der Waals surface area contributed by atoms with E-state index in [2.05, 4.69) is 25.1 Å². The van der Waals surface area contributed by atoms with E-state index in [9.17, 15) is 27.9 Å². The number of carboxylic acids is 1. The van der Waals surface area contributed by atoms with Crippen molar-refractivity contribution >= 4 is 56.2 Å². The molecule has 1 aromatic heterocycles. The van der Waals surface area contributed by atoms with Crippen LogP contribution in [0.4, 0.5) is 5.13 Å². The van der Waals surface area contributed by atoms with Crippen LogP contribution in [0.1, 0.15) is 76.1 Å². The van der Waals surface area contributed by atoms with Crippen molar-refractivity contribution in [2.24, 2.45) is 10.9 Å². The molecule has 3 heterocycles. The van der Waals surface area contributed by atoms with Crippen molar-refractivity contribution in [3.8, 4) is 5.75 Å². The number of carbonyl (C=O) groups is 3. The van der Waals surface area contributed by atoms with E-state index in [1.807, 2.05) is 6.07 Å². The van der Waals surface area contributed by atoms with E-state index < -0.39 is 57.2 Å². The summed E-state index contributed by atoms with van der Waals surface area (Å²) in [4.78, 5) is 48.4. The fourth-order valence-electron chi connectivity index (χ4n) is 6.09. The van der Waals surface area contributed by atoms with Crippen LogP contribution < -0.4 is 26.8 Å². The Morgan fingerprint density at radius 3 is 2.60 bits per heavy atom. The number of nitrogen functional groups attached to an aromatic ring is 1. The van der Waals surface area contributed by atoms with Crippen LogP contribution in [0, 0.1) is 5.41 Å². The van der Waals surface area contributed by atoms with Gasteiger partial charge in [-0.05, 0) is 89.5 Å². The first-order valence-corrected chi connectivity index (χ1v) is 18.1. The average molecular weight is 737 g/mol. The van der Waals surface area contributed by atoms with E-state index in [4.69, 9.17) is 31.0 Å². The lowest BCUT2D eigenvalue weighted by molar-refractivity contribution is -0.218. The van der Waals surface area contributed by atoms with Gasteiger partial charge in [0.25, 0.3) is 17.4 Å². The molecule has 2 amide bonds. The van der Waals surface area contributed by atoms with Crippen LogP contribution in [0.15, 0.2) is 28.7 Å². The Bertz CT molecular complexity index is 1820. The van der Waals surface area contributed by atoms with Gasteiger partial charge in [-0.3, -0.25) is 19.6 Å². The molecule has 0 spiro atoms. The highest BCUT2D eigenvalue weighted by Crippen LogP contribution is 2.35. The smallest absolute Gasteiger partial charge is 0.418 e. The Morgan fingerprint density at radius 2 is 1.96 bits per heavy atom. The third-order valence-electron chi connectivity index (χ3n) is 9.12. The number of nitrogens with two attached hydrogens (primary N) is 2. The number of benzene rings is 1. The van der Waals surface area contributed by atoms with E-state index in [1.165, 1.54) is 26.2 Å². The molecule has 1 unspecified atom stereocenters. The second-order valence-electron chi connectivity index (χ2n) is 13.2. The van der Waals surface area contributed by atoms with Crippen molar-refractivity contribution in [3.63, 3.8) is 0 Å². The fraction of sp³-hybridized carbons (Fsp3) is 0.533. The summed E-state index contributed by atoms with van der Waals surface area (Å²) in [5.41, 5.74) is 9.14. The summed E-state index contributed by atoms with van der Waals surface area (Å²) in [7, 11) is -5.03. The molecule has 272 valence electrons. The van der Waals surface area contributed by atoms with Crippen molar-refractivity contribution < 1.29 is 46.3 Å². The van der Waals surface area contributed by atoms with Crippen LogP contribution >= 0.6 is 11.3 Å². The Hall–Kier alpha value is -4.37. The zero-order valence-electron chi connectivity index (χ0n) is 27.5. The van der Waals surface area contributed by atoms with E-state index in [-0.39, 0.29) is 35.2 Å². The number of aromatic nitrogens is 1. The molecule has 0 radical (unpaired) electrons. The minimum absolute atomic E-state index is 0.0579. The predicted octanol–water partition coefficient (Wildman–Crippen LogP) is 1.10. The van der Waals surface area contributed by atoms with Crippen molar-refractivity contribution in [1.29, 1.82) is 5.41 Å². The van der Waals surface area contributed by atoms with Crippen molar-refractivity contribution in [2.75, 3.05) is 5.73 Å². The Labute approximate surface area is 291 Å². The highest BCUT2D eigenvalue weighted by atomic mass is 32.3. The number of hydrogen-bond acceptors (Lipinski definition) is 14. The molecular formula is C30H40N8O10S2. The lowest BCUT2D eigenvalue weighted by atomic mass is 9.84. The average Bonchev–Trinajstić information content (AvgIpc) is 3.38. The van der Waals surface area contributed by atoms with Gasteiger partial charge in [0.2, 0.25) is 0 Å². The second-order valence-corrected chi connectivity index (χ2v) is 15.1. The third-order valence-corrected chi connectivity index (χ3v) is 10.1. The Kier molecular flexibility index (Phi) is 10.4. The van der Waals surface area contributed by atoms with Crippen molar-refractivity contribution in [3.05, 3.63) is 40.4 Å². The summed E-state index contributed by atoms with van der Waals surface area (Å²) < 4.78 is 41.8. The maximum atomic E-state index is 13.5. The Morgan fingerprint density at radius 1 is 1.22 bits per heavy atom. The zero-order valence-corrected chi connectivity index (χ0v) is 29.2. The minimum Gasteiger partial charge on any atom is -0.485 e. The van der Waals surface area contributed by atoms with Crippen LogP contribution in [0.2, 0.25) is 0 Å². The lowest BCUT2D eigenvalue weighted by Crippen LogP contribution is -2.76. The van der Waals surface area contributed by atoms with Gasteiger partial charge < -0.3 is 36.8 Å². The van der Waals surface area contributed by atoms with E-state index in [0.29, 0.717) is 22.8 Å².